The van der Waals surface area contributed by atoms with Crippen LogP contribution in [-0.2, 0) is 4.79 Å². The van der Waals surface area contributed by atoms with Gasteiger partial charge in [0.15, 0.2) is 0 Å². The summed E-state index contributed by atoms with van der Waals surface area (Å²) in [5.74, 6) is 0.640. The van der Waals surface area contributed by atoms with Crippen molar-refractivity contribution in [1.29, 1.82) is 0 Å². The molecular formula is C13H20N2OS. The average molecular weight is 252 g/mol. The Morgan fingerprint density at radius 1 is 1.41 bits per heavy atom. The van der Waals surface area contributed by atoms with Crippen molar-refractivity contribution in [3.63, 3.8) is 0 Å². The Balaban J connectivity index is 2.29. The van der Waals surface area contributed by atoms with Crippen LogP contribution in [0.4, 0.5) is 0 Å². The van der Waals surface area contributed by atoms with Gasteiger partial charge < -0.3 is 11.1 Å². The molecule has 3 nitrogen and oxygen atoms in total. The molecule has 1 amide bonds. The molecule has 0 saturated carbocycles. The normalized spacial score (nSPS) is 12.3. The van der Waals surface area contributed by atoms with Crippen molar-refractivity contribution in [2.24, 2.45) is 5.73 Å². The number of hydrogen-bond acceptors (Lipinski definition) is 3. The quantitative estimate of drug-likeness (QED) is 0.696. The molecule has 17 heavy (non-hydrogen) atoms. The fourth-order valence-electron chi connectivity index (χ4n) is 1.47. The van der Waals surface area contributed by atoms with E-state index in [1.807, 2.05) is 18.2 Å². The second-order valence-corrected chi connectivity index (χ2v) is 5.03. The number of amides is 1. The molecule has 1 aromatic rings. The van der Waals surface area contributed by atoms with Gasteiger partial charge in [-0.05, 0) is 37.3 Å². The monoisotopic (exact) mass is 252 g/mol. The van der Waals surface area contributed by atoms with Gasteiger partial charge >= 0.3 is 0 Å². The van der Waals surface area contributed by atoms with Crippen LogP contribution in [0, 0.1) is 0 Å². The summed E-state index contributed by atoms with van der Waals surface area (Å²) in [5, 5.41) is 3.17. The van der Waals surface area contributed by atoms with Crippen LogP contribution in [-0.4, -0.2) is 24.2 Å². The molecule has 0 spiro atoms. The first kappa shape index (κ1) is 14.1. The van der Waals surface area contributed by atoms with Crippen LogP contribution in [0.15, 0.2) is 35.2 Å². The van der Waals surface area contributed by atoms with Crippen LogP contribution in [0.5, 0.6) is 0 Å². The molecule has 1 aromatic carbocycles. The maximum Gasteiger partial charge on any atom is 0.234 e. The molecule has 0 bridgehead atoms. The van der Waals surface area contributed by atoms with E-state index in [2.05, 4.69) is 24.4 Å². The molecule has 0 aliphatic carbocycles. The zero-order valence-corrected chi connectivity index (χ0v) is 11.0. The predicted octanol–water partition coefficient (Wildman–Crippen LogP) is 2.02. The predicted molar refractivity (Wildman–Crippen MR) is 73.1 cm³/mol. The van der Waals surface area contributed by atoms with Crippen LogP contribution in [0.25, 0.3) is 0 Å². The average Bonchev–Trinajstić information content (AvgIpc) is 2.34. The lowest BCUT2D eigenvalue weighted by molar-refractivity contribution is -0.120. The molecule has 1 rings (SSSR count). The van der Waals surface area contributed by atoms with E-state index >= 15 is 0 Å². The van der Waals surface area contributed by atoms with Crippen LogP contribution in [0.2, 0.25) is 0 Å². The second-order valence-electron chi connectivity index (χ2n) is 3.86. The maximum absolute atomic E-state index is 11.2. The van der Waals surface area contributed by atoms with Crippen molar-refractivity contribution in [2.75, 3.05) is 12.3 Å². The highest BCUT2D eigenvalue weighted by atomic mass is 32.2. The number of nitrogens with one attached hydrogen (secondary N) is 1. The molecule has 0 radical (unpaired) electrons. The lowest BCUT2D eigenvalue weighted by Gasteiger charge is -2.14. The summed E-state index contributed by atoms with van der Waals surface area (Å²) in [6, 6.07) is 9.98. The Morgan fingerprint density at radius 2 is 2.12 bits per heavy atom. The molecule has 3 N–H and O–H groups in total. The van der Waals surface area contributed by atoms with Gasteiger partial charge in [0.25, 0.3) is 0 Å². The number of primary amides is 1. The van der Waals surface area contributed by atoms with Gasteiger partial charge in [-0.25, -0.2) is 0 Å². The van der Waals surface area contributed by atoms with Crippen molar-refractivity contribution in [3.05, 3.63) is 30.3 Å². The van der Waals surface area contributed by atoms with Gasteiger partial charge in [-0.1, -0.05) is 25.1 Å². The topological polar surface area (TPSA) is 55.1 Å². The molecule has 1 unspecified atom stereocenters. The van der Waals surface area contributed by atoms with Gasteiger partial charge in [0, 0.05) is 4.90 Å². The van der Waals surface area contributed by atoms with E-state index in [4.69, 9.17) is 5.73 Å². The number of hydrogen-bond donors (Lipinski definition) is 2. The molecule has 0 aliphatic rings. The van der Waals surface area contributed by atoms with Gasteiger partial charge in [0.1, 0.15) is 0 Å². The number of rotatable bonds is 8. The summed E-state index contributed by atoms with van der Waals surface area (Å²) >= 11 is 1.75. The molecule has 0 heterocycles. The van der Waals surface area contributed by atoms with E-state index in [9.17, 15) is 4.79 Å². The lowest BCUT2D eigenvalue weighted by atomic mass is 10.2. The Hall–Kier alpha value is -1.00. The van der Waals surface area contributed by atoms with Crippen molar-refractivity contribution >= 4 is 17.7 Å². The number of carbonyl (C=O) groups is 1. The van der Waals surface area contributed by atoms with Gasteiger partial charge in [0.05, 0.1) is 6.04 Å². The van der Waals surface area contributed by atoms with E-state index in [1.165, 1.54) is 4.90 Å². The minimum Gasteiger partial charge on any atom is -0.368 e. The van der Waals surface area contributed by atoms with E-state index in [0.29, 0.717) is 0 Å². The minimum atomic E-state index is -0.257. The number of carbonyl (C=O) groups excluding carboxylic acids is 1. The van der Waals surface area contributed by atoms with Gasteiger partial charge in [-0.2, -0.15) is 0 Å². The smallest absolute Gasteiger partial charge is 0.234 e. The van der Waals surface area contributed by atoms with Gasteiger partial charge in [-0.15, -0.1) is 11.8 Å². The zero-order chi connectivity index (χ0) is 12.5. The fourth-order valence-corrected chi connectivity index (χ4v) is 2.41. The number of thioether (sulfide) groups is 1. The van der Waals surface area contributed by atoms with Crippen molar-refractivity contribution in [1.82, 2.24) is 5.32 Å². The summed E-state index contributed by atoms with van der Waals surface area (Å²) in [6.07, 6.45) is 1.78. The van der Waals surface area contributed by atoms with E-state index < -0.39 is 0 Å². The van der Waals surface area contributed by atoms with Crippen LogP contribution in [0.1, 0.15) is 19.8 Å². The maximum atomic E-state index is 11.2. The summed E-state index contributed by atoms with van der Waals surface area (Å²) in [5.41, 5.74) is 5.35. The van der Waals surface area contributed by atoms with Gasteiger partial charge in [0.2, 0.25) is 5.91 Å². The SMILES string of the molecule is CCCNC(CCSc1ccccc1)C(N)=O. The Kier molecular flexibility index (Phi) is 6.74. The third kappa shape index (κ3) is 5.75. The second kappa shape index (κ2) is 8.14. The fraction of sp³-hybridized carbons (Fsp3) is 0.462. The third-order valence-electron chi connectivity index (χ3n) is 2.40. The highest BCUT2D eigenvalue weighted by Gasteiger charge is 2.13. The van der Waals surface area contributed by atoms with Crippen molar-refractivity contribution < 1.29 is 4.79 Å². The largest absolute Gasteiger partial charge is 0.368 e. The van der Waals surface area contributed by atoms with Crippen LogP contribution in [0.3, 0.4) is 0 Å². The highest BCUT2D eigenvalue weighted by molar-refractivity contribution is 7.99. The first-order valence-corrected chi connectivity index (χ1v) is 6.93. The third-order valence-corrected chi connectivity index (χ3v) is 3.45. The summed E-state index contributed by atoms with van der Waals surface area (Å²) < 4.78 is 0. The Morgan fingerprint density at radius 3 is 2.71 bits per heavy atom. The first-order valence-electron chi connectivity index (χ1n) is 5.94. The molecular weight excluding hydrogens is 232 g/mol. The summed E-state index contributed by atoms with van der Waals surface area (Å²) in [6.45, 7) is 2.91. The van der Waals surface area contributed by atoms with Crippen molar-refractivity contribution in [3.8, 4) is 0 Å². The molecule has 0 aromatic heterocycles. The Labute approximate surface area is 107 Å². The van der Waals surface area contributed by atoms with E-state index in [0.717, 1.165) is 25.1 Å². The van der Waals surface area contributed by atoms with E-state index in [-0.39, 0.29) is 11.9 Å². The minimum absolute atomic E-state index is 0.203. The zero-order valence-electron chi connectivity index (χ0n) is 10.2. The summed E-state index contributed by atoms with van der Waals surface area (Å²) in [4.78, 5) is 12.4. The first-order chi connectivity index (χ1) is 8.24. The molecule has 4 heteroatoms. The molecule has 94 valence electrons. The molecule has 1 atom stereocenters. The Bertz CT molecular complexity index is 329. The standard InChI is InChI=1S/C13H20N2OS/c1-2-9-15-12(13(14)16)8-10-17-11-6-4-3-5-7-11/h3-7,12,15H,2,8-10H2,1H3,(H2,14,16). The van der Waals surface area contributed by atoms with Crippen LogP contribution >= 0.6 is 11.8 Å². The number of benzene rings is 1. The highest BCUT2D eigenvalue weighted by Crippen LogP contribution is 2.18. The van der Waals surface area contributed by atoms with Crippen LogP contribution < -0.4 is 11.1 Å². The number of nitrogens with two attached hydrogens (primary N) is 1. The van der Waals surface area contributed by atoms with Crippen molar-refractivity contribution in [2.45, 2.75) is 30.7 Å². The molecule has 0 fully saturated rings. The lowest BCUT2D eigenvalue weighted by Crippen LogP contribution is -2.41. The van der Waals surface area contributed by atoms with Gasteiger partial charge in [-0.3, -0.25) is 4.79 Å². The summed E-state index contributed by atoms with van der Waals surface area (Å²) in [7, 11) is 0. The molecule has 0 aliphatic heterocycles. The molecule has 0 saturated heterocycles. The van der Waals surface area contributed by atoms with E-state index in [1.54, 1.807) is 11.8 Å².